The van der Waals surface area contributed by atoms with Crippen LogP contribution < -0.4 is 5.32 Å². The van der Waals surface area contributed by atoms with Gasteiger partial charge in [-0.2, -0.15) is 4.98 Å². The molecule has 1 amide bonds. The molecule has 0 spiro atoms. The summed E-state index contributed by atoms with van der Waals surface area (Å²) < 4.78 is 7.21. The summed E-state index contributed by atoms with van der Waals surface area (Å²) in [6.07, 6.45) is 1.81. The Labute approximate surface area is 179 Å². The molecule has 0 saturated carbocycles. The van der Waals surface area contributed by atoms with Crippen molar-refractivity contribution in [1.29, 1.82) is 0 Å². The van der Waals surface area contributed by atoms with Crippen molar-refractivity contribution in [3.05, 3.63) is 83.0 Å². The summed E-state index contributed by atoms with van der Waals surface area (Å²) >= 11 is 6.04. The molecule has 6 nitrogen and oxygen atoms in total. The molecule has 1 atom stereocenters. The van der Waals surface area contributed by atoms with Crippen molar-refractivity contribution in [2.45, 2.75) is 26.4 Å². The lowest BCUT2D eigenvalue weighted by atomic mass is 10.1. The number of nitrogens with one attached hydrogen (secondary N) is 1. The first-order valence-corrected chi connectivity index (χ1v) is 9.98. The van der Waals surface area contributed by atoms with E-state index in [0.29, 0.717) is 22.4 Å². The maximum Gasteiger partial charge on any atom is 0.274 e. The number of halogens is 1. The standard InChI is InChI=1S/C23H21ClN4O2/c1-15-8-10-17(11-9-15)16(2)25-21(29)14-28-12-4-7-20(28)23-26-22(27-30-23)18-5-3-6-19(24)13-18/h3-13,16H,14H2,1-2H3,(H,25,29)/t16-/m1/s1. The van der Waals surface area contributed by atoms with Gasteiger partial charge in [-0.3, -0.25) is 4.79 Å². The van der Waals surface area contributed by atoms with Gasteiger partial charge in [-0.25, -0.2) is 0 Å². The van der Waals surface area contributed by atoms with Crippen LogP contribution in [0, 0.1) is 6.92 Å². The SMILES string of the molecule is Cc1ccc([C@@H](C)NC(=O)Cn2cccc2-c2nc(-c3cccc(Cl)c3)no2)cc1. The predicted molar refractivity (Wildman–Crippen MR) is 116 cm³/mol. The normalized spacial score (nSPS) is 12.0. The molecular weight excluding hydrogens is 400 g/mol. The summed E-state index contributed by atoms with van der Waals surface area (Å²) in [5.74, 6) is 0.683. The van der Waals surface area contributed by atoms with Gasteiger partial charge in [0.25, 0.3) is 5.89 Å². The van der Waals surface area contributed by atoms with Crippen molar-refractivity contribution in [2.75, 3.05) is 0 Å². The van der Waals surface area contributed by atoms with E-state index in [1.165, 1.54) is 5.56 Å². The van der Waals surface area contributed by atoms with Crippen LogP contribution in [0.2, 0.25) is 5.02 Å². The number of aromatic nitrogens is 3. The van der Waals surface area contributed by atoms with Gasteiger partial charge in [0.2, 0.25) is 11.7 Å². The smallest absolute Gasteiger partial charge is 0.274 e. The molecule has 0 radical (unpaired) electrons. The zero-order chi connectivity index (χ0) is 21.1. The van der Waals surface area contributed by atoms with E-state index >= 15 is 0 Å². The monoisotopic (exact) mass is 420 g/mol. The minimum absolute atomic E-state index is 0.0880. The van der Waals surface area contributed by atoms with Gasteiger partial charge in [0.05, 0.1) is 6.04 Å². The van der Waals surface area contributed by atoms with Crippen LogP contribution in [0.15, 0.2) is 71.4 Å². The Bertz CT molecular complexity index is 1160. The van der Waals surface area contributed by atoms with Gasteiger partial charge in [0, 0.05) is 16.8 Å². The average molecular weight is 421 g/mol. The quantitative estimate of drug-likeness (QED) is 0.474. The molecule has 0 aliphatic carbocycles. The molecule has 1 N–H and O–H groups in total. The second kappa shape index (κ2) is 8.55. The van der Waals surface area contributed by atoms with Crippen molar-refractivity contribution in [3.8, 4) is 23.0 Å². The lowest BCUT2D eigenvalue weighted by molar-refractivity contribution is -0.122. The predicted octanol–water partition coefficient (Wildman–Crippen LogP) is 5.04. The molecule has 2 aromatic heterocycles. The fraction of sp³-hybridized carbons (Fsp3) is 0.174. The molecule has 0 bridgehead atoms. The van der Waals surface area contributed by atoms with Crippen molar-refractivity contribution >= 4 is 17.5 Å². The van der Waals surface area contributed by atoms with E-state index in [2.05, 4.69) is 15.5 Å². The van der Waals surface area contributed by atoms with Gasteiger partial charge in [-0.15, -0.1) is 0 Å². The number of aryl methyl sites for hydroxylation is 1. The van der Waals surface area contributed by atoms with E-state index < -0.39 is 0 Å². The van der Waals surface area contributed by atoms with Gasteiger partial charge >= 0.3 is 0 Å². The molecule has 0 fully saturated rings. The van der Waals surface area contributed by atoms with Gasteiger partial charge in [-0.05, 0) is 43.7 Å². The first-order valence-electron chi connectivity index (χ1n) is 9.60. The molecule has 4 aromatic rings. The molecule has 4 rings (SSSR count). The molecule has 2 heterocycles. The fourth-order valence-corrected chi connectivity index (χ4v) is 3.39. The third-order valence-corrected chi connectivity index (χ3v) is 5.06. The lowest BCUT2D eigenvalue weighted by Crippen LogP contribution is -2.30. The lowest BCUT2D eigenvalue weighted by Gasteiger charge is -2.15. The molecule has 7 heteroatoms. The Hall–Kier alpha value is -3.38. The summed E-state index contributed by atoms with van der Waals surface area (Å²) in [5, 5.41) is 7.67. The van der Waals surface area contributed by atoms with Gasteiger partial charge in [0.1, 0.15) is 12.2 Å². The maximum atomic E-state index is 12.6. The van der Waals surface area contributed by atoms with Crippen molar-refractivity contribution < 1.29 is 9.32 Å². The summed E-state index contributed by atoms with van der Waals surface area (Å²) in [7, 11) is 0. The molecule has 152 valence electrons. The molecule has 0 aliphatic rings. The second-order valence-corrected chi connectivity index (χ2v) is 7.59. The van der Waals surface area contributed by atoms with Crippen LogP contribution in [-0.4, -0.2) is 20.6 Å². The highest BCUT2D eigenvalue weighted by molar-refractivity contribution is 6.30. The zero-order valence-corrected chi connectivity index (χ0v) is 17.4. The highest BCUT2D eigenvalue weighted by Crippen LogP contribution is 2.24. The third-order valence-electron chi connectivity index (χ3n) is 4.83. The molecule has 0 aliphatic heterocycles. The van der Waals surface area contributed by atoms with E-state index in [1.807, 2.05) is 68.6 Å². The van der Waals surface area contributed by atoms with Crippen LogP contribution in [-0.2, 0) is 11.3 Å². The first kappa shape index (κ1) is 19.9. The number of amides is 1. The van der Waals surface area contributed by atoms with E-state index in [0.717, 1.165) is 11.1 Å². The number of hydrogen-bond acceptors (Lipinski definition) is 4. The zero-order valence-electron chi connectivity index (χ0n) is 16.7. The summed E-state index contributed by atoms with van der Waals surface area (Å²) in [5.41, 5.74) is 3.69. The average Bonchev–Trinajstić information content (AvgIpc) is 3.37. The van der Waals surface area contributed by atoms with Crippen molar-refractivity contribution in [1.82, 2.24) is 20.0 Å². The van der Waals surface area contributed by atoms with Crippen LogP contribution in [0.1, 0.15) is 24.1 Å². The minimum Gasteiger partial charge on any atom is -0.348 e. The number of hydrogen-bond donors (Lipinski definition) is 1. The number of carbonyl (C=O) groups is 1. The third kappa shape index (κ3) is 4.44. The van der Waals surface area contributed by atoms with Crippen molar-refractivity contribution in [3.63, 3.8) is 0 Å². The topological polar surface area (TPSA) is 73.0 Å². The molecule has 0 unspecified atom stereocenters. The Morgan fingerprint density at radius 2 is 1.97 bits per heavy atom. The highest BCUT2D eigenvalue weighted by atomic mass is 35.5. The maximum absolute atomic E-state index is 12.6. The van der Waals surface area contributed by atoms with E-state index in [1.54, 1.807) is 16.7 Å². The first-order chi connectivity index (χ1) is 14.5. The Morgan fingerprint density at radius 3 is 2.73 bits per heavy atom. The van der Waals surface area contributed by atoms with Crippen LogP contribution in [0.25, 0.3) is 23.0 Å². The number of carbonyl (C=O) groups excluding carboxylic acids is 1. The van der Waals surface area contributed by atoms with Crippen LogP contribution in [0.3, 0.4) is 0 Å². The fourth-order valence-electron chi connectivity index (χ4n) is 3.20. The number of rotatable bonds is 6. The summed E-state index contributed by atoms with van der Waals surface area (Å²) in [4.78, 5) is 17.1. The highest BCUT2D eigenvalue weighted by Gasteiger charge is 2.17. The number of benzene rings is 2. The molecular formula is C23H21ClN4O2. The minimum atomic E-state index is -0.102. The summed E-state index contributed by atoms with van der Waals surface area (Å²) in [6.45, 7) is 4.15. The molecule has 0 saturated heterocycles. The van der Waals surface area contributed by atoms with E-state index in [4.69, 9.17) is 16.1 Å². The Morgan fingerprint density at radius 1 is 1.17 bits per heavy atom. The molecule has 2 aromatic carbocycles. The van der Waals surface area contributed by atoms with Crippen LogP contribution in [0.5, 0.6) is 0 Å². The summed E-state index contributed by atoms with van der Waals surface area (Å²) in [6, 6.07) is 19.0. The Kier molecular flexibility index (Phi) is 5.68. The van der Waals surface area contributed by atoms with Gasteiger partial charge < -0.3 is 14.4 Å². The van der Waals surface area contributed by atoms with Gasteiger partial charge in [-0.1, -0.05) is 58.7 Å². The van der Waals surface area contributed by atoms with Crippen LogP contribution >= 0.6 is 11.6 Å². The van der Waals surface area contributed by atoms with E-state index in [-0.39, 0.29) is 18.5 Å². The Balaban J connectivity index is 1.47. The van der Waals surface area contributed by atoms with Crippen molar-refractivity contribution in [2.24, 2.45) is 0 Å². The molecule has 30 heavy (non-hydrogen) atoms. The number of nitrogens with zero attached hydrogens (tertiary/aromatic N) is 3. The second-order valence-electron chi connectivity index (χ2n) is 7.15. The van der Waals surface area contributed by atoms with Crippen LogP contribution in [0.4, 0.5) is 0 Å². The van der Waals surface area contributed by atoms with E-state index in [9.17, 15) is 4.79 Å². The van der Waals surface area contributed by atoms with Gasteiger partial charge in [0.15, 0.2) is 0 Å². The largest absolute Gasteiger partial charge is 0.348 e.